The van der Waals surface area contributed by atoms with Crippen molar-refractivity contribution in [2.24, 2.45) is 5.92 Å². The van der Waals surface area contributed by atoms with Crippen LogP contribution in [0.4, 0.5) is 4.39 Å². The van der Waals surface area contributed by atoms with E-state index in [0.29, 0.717) is 5.75 Å². The van der Waals surface area contributed by atoms with E-state index in [1.165, 1.54) is 44.4 Å². The number of nitrogens with one attached hydrogen (secondary N) is 1. The van der Waals surface area contributed by atoms with E-state index in [2.05, 4.69) is 10.2 Å². The quantitative estimate of drug-likeness (QED) is 0.857. The molecule has 1 aliphatic heterocycles. The third-order valence-electron chi connectivity index (χ3n) is 5.42. The van der Waals surface area contributed by atoms with Gasteiger partial charge < -0.3 is 15.0 Å². The summed E-state index contributed by atoms with van der Waals surface area (Å²) >= 11 is 0. The fourth-order valence-electron chi connectivity index (χ4n) is 3.91. The topological polar surface area (TPSA) is 41.6 Å². The number of carbonyl (C=O) groups excluding carboxylic acids is 1. The standard InChI is InChI=1S/C20H29FN2O2/c1-15(25-19-8-6-17(21)7-9-19)20(24)22-18-10-12-23(13-11-18)14-16-4-2-3-5-16/h6-9,15-16,18H,2-5,10-14H2,1H3,(H,22,24)/t15-/m1/s1. The maximum absolute atomic E-state index is 12.9. The Bertz CT molecular complexity index is 549. The lowest BCUT2D eigenvalue weighted by Crippen LogP contribution is -2.48. The lowest BCUT2D eigenvalue weighted by Gasteiger charge is -2.34. The summed E-state index contributed by atoms with van der Waals surface area (Å²) in [5, 5.41) is 3.10. The predicted octanol–water partition coefficient (Wildman–Crippen LogP) is 3.36. The minimum Gasteiger partial charge on any atom is -0.481 e. The Balaban J connectivity index is 1.38. The van der Waals surface area contributed by atoms with Crippen molar-refractivity contribution in [1.29, 1.82) is 0 Å². The van der Waals surface area contributed by atoms with Crippen molar-refractivity contribution in [3.8, 4) is 5.75 Å². The van der Waals surface area contributed by atoms with Crippen molar-refractivity contribution >= 4 is 5.91 Å². The van der Waals surface area contributed by atoms with Crippen molar-refractivity contribution in [3.63, 3.8) is 0 Å². The maximum atomic E-state index is 12.9. The van der Waals surface area contributed by atoms with Crippen molar-refractivity contribution < 1.29 is 13.9 Å². The van der Waals surface area contributed by atoms with Crippen molar-refractivity contribution in [2.75, 3.05) is 19.6 Å². The number of carbonyl (C=O) groups is 1. The number of benzene rings is 1. The highest BCUT2D eigenvalue weighted by Crippen LogP contribution is 2.26. The summed E-state index contributed by atoms with van der Waals surface area (Å²) in [6.07, 6.45) is 6.97. The van der Waals surface area contributed by atoms with Gasteiger partial charge in [0, 0.05) is 25.7 Å². The number of piperidine rings is 1. The van der Waals surface area contributed by atoms with Crippen LogP contribution < -0.4 is 10.1 Å². The number of amides is 1. The van der Waals surface area contributed by atoms with Crippen LogP contribution in [0.15, 0.2) is 24.3 Å². The Kier molecular flexibility index (Phi) is 6.29. The first-order chi connectivity index (χ1) is 12.1. The van der Waals surface area contributed by atoms with Gasteiger partial charge in [0.25, 0.3) is 5.91 Å². The Morgan fingerprint density at radius 1 is 1.20 bits per heavy atom. The molecule has 3 rings (SSSR count). The third kappa shape index (κ3) is 5.43. The molecule has 25 heavy (non-hydrogen) atoms. The maximum Gasteiger partial charge on any atom is 0.260 e. The van der Waals surface area contributed by atoms with E-state index in [4.69, 9.17) is 4.74 Å². The first kappa shape index (κ1) is 18.2. The molecule has 0 unspecified atom stereocenters. The van der Waals surface area contributed by atoms with Crippen LogP contribution in [0.5, 0.6) is 5.75 Å². The smallest absolute Gasteiger partial charge is 0.260 e. The molecule has 1 atom stereocenters. The predicted molar refractivity (Wildman–Crippen MR) is 96.1 cm³/mol. The van der Waals surface area contributed by atoms with Crippen LogP contribution in [0.1, 0.15) is 45.4 Å². The van der Waals surface area contributed by atoms with Crippen LogP contribution in [0, 0.1) is 11.7 Å². The lowest BCUT2D eigenvalue weighted by atomic mass is 10.0. The summed E-state index contributed by atoms with van der Waals surface area (Å²) in [6.45, 7) is 5.09. The van der Waals surface area contributed by atoms with Gasteiger partial charge in [0.15, 0.2) is 6.10 Å². The van der Waals surface area contributed by atoms with Crippen LogP contribution in [0.2, 0.25) is 0 Å². The molecular formula is C20H29FN2O2. The van der Waals surface area contributed by atoms with Gasteiger partial charge in [0.05, 0.1) is 0 Å². The summed E-state index contributed by atoms with van der Waals surface area (Å²) in [5.41, 5.74) is 0. The number of rotatable bonds is 6. The zero-order valence-corrected chi connectivity index (χ0v) is 15.0. The molecule has 0 aromatic heterocycles. The number of hydrogen-bond acceptors (Lipinski definition) is 3. The van der Waals surface area contributed by atoms with E-state index in [1.807, 2.05) is 0 Å². The first-order valence-electron chi connectivity index (χ1n) is 9.55. The highest BCUT2D eigenvalue weighted by Gasteiger charge is 2.25. The largest absolute Gasteiger partial charge is 0.481 e. The molecule has 4 nitrogen and oxygen atoms in total. The van der Waals surface area contributed by atoms with Gasteiger partial charge in [-0.1, -0.05) is 12.8 Å². The van der Waals surface area contributed by atoms with Gasteiger partial charge in [-0.15, -0.1) is 0 Å². The zero-order chi connectivity index (χ0) is 17.6. The highest BCUT2D eigenvalue weighted by atomic mass is 19.1. The molecule has 138 valence electrons. The molecule has 5 heteroatoms. The van der Waals surface area contributed by atoms with Gasteiger partial charge in [-0.25, -0.2) is 4.39 Å². The summed E-state index contributed by atoms with van der Waals surface area (Å²) in [7, 11) is 0. The van der Waals surface area contributed by atoms with Crippen molar-refractivity contribution in [3.05, 3.63) is 30.1 Å². The van der Waals surface area contributed by atoms with E-state index in [9.17, 15) is 9.18 Å². The normalized spacial score (nSPS) is 21.2. The van der Waals surface area contributed by atoms with Crippen LogP contribution in [0.3, 0.4) is 0 Å². The molecule has 0 radical (unpaired) electrons. The minimum atomic E-state index is -0.582. The average molecular weight is 348 g/mol. The molecule has 1 aliphatic carbocycles. The molecule has 1 N–H and O–H groups in total. The molecule has 1 aromatic carbocycles. The van der Waals surface area contributed by atoms with Crippen LogP contribution in [0.25, 0.3) is 0 Å². The Morgan fingerprint density at radius 3 is 2.48 bits per heavy atom. The summed E-state index contributed by atoms with van der Waals surface area (Å²) in [5.74, 6) is 0.984. The number of likely N-dealkylation sites (tertiary alicyclic amines) is 1. The minimum absolute atomic E-state index is 0.0985. The molecule has 2 aliphatic rings. The van der Waals surface area contributed by atoms with Crippen LogP contribution in [-0.4, -0.2) is 42.6 Å². The number of hydrogen-bond donors (Lipinski definition) is 1. The van der Waals surface area contributed by atoms with E-state index < -0.39 is 6.10 Å². The van der Waals surface area contributed by atoms with E-state index in [0.717, 1.165) is 31.8 Å². The van der Waals surface area contributed by atoms with Gasteiger partial charge in [0.2, 0.25) is 0 Å². The second kappa shape index (κ2) is 8.65. The van der Waals surface area contributed by atoms with Gasteiger partial charge in [-0.05, 0) is 62.8 Å². The third-order valence-corrected chi connectivity index (χ3v) is 5.42. The molecular weight excluding hydrogens is 319 g/mol. The molecule has 1 aromatic rings. The Labute approximate surface area is 149 Å². The van der Waals surface area contributed by atoms with Crippen molar-refractivity contribution in [2.45, 2.75) is 57.6 Å². The van der Waals surface area contributed by atoms with Gasteiger partial charge in [0.1, 0.15) is 11.6 Å². The SMILES string of the molecule is C[C@@H](Oc1ccc(F)cc1)C(=O)NC1CCN(CC2CCCC2)CC1. The molecule has 0 spiro atoms. The molecule has 0 bridgehead atoms. The highest BCUT2D eigenvalue weighted by molar-refractivity contribution is 5.81. The average Bonchev–Trinajstić information content (AvgIpc) is 3.11. The second-order valence-corrected chi connectivity index (χ2v) is 7.45. The fourth-order valence-corrected chi connectivity index (χ4v) is 3.91. The Morgan fingerprint density at radius 2 is 1.84 bits per heavy atom. The van der Waals surface area contributed by atoms with Crippen LogP contribution >= 0.6 is 0 Å². The van der Waals surface area contributed by atoms with Gasteiger partial charge in [-0.3, -0.25) is 4.79 Å². The summed E-state index contributed by atoms with van der Waals surface area (Å²) in [4.78, 5) is 14.9. The molecule has 1 heterocycles. The van der Waals surface area contributed by atoms with E-state index in [1.54, 1.807) is 19.1 Å². The Hall–Kier alpha value is -1.62. The molecule has 1 amide bonds. The zero-order valence-electron chi connectivity index (χ0n) is 15.0. The van der Waals surface area contributed by atoms with Gasteiger partial charge in [-0.2, -0.15) is 0 Å². The number of halogens is 1. The first-order valence-corrected chi connectivity index (χ1v) is 9.55. The van der Waals surface area contributed by atoms with Gasteiger partial charge >= 0.3 is 0 Å². The molecule has 1 saturated carbocycles. The number of ether oxygens (including phenoxy) is 1. The lowest BCUT2D eigenvalue weighted by molar-refractivity contribution is -0.128. The second-order valence-electron chi connectivity index (χ2n) is 7.45. The van der Waals surface area contributed by atoms with E-state index >= 15 is 0 Å². The number of nitrogens with zero attached hydrogens (tertiary/aromatic N) is 1. The van der Waals surface area contributed by atoms with Crippen molar-refractivity contribution in [1.82, 2.24) is 10.2 Å². The monoisotopic (exact) mass is 348 g/mol. The summed E-state index contributed by atoms with van der Waals surface area (Å²) < 4.78 is 18.5. The molecule has 1 saturated heterocycles. The fraction of sp³-hybridized carbons (Fsp3) is 0.650. The van der Waals surface area contributed by atoms with Crippen LogP contribution in [-0.2, 0) is 4.79 Å². The summed E-state index contributed by atoms with van der Waals surface area (Å²) in [6, 6.07) is 5.98. The molecule has 2 fully saturated rings. The van der Waals surface area contributed by atoms with E-state index in [-0.39, 0.29) is 17.8 Å².